The van der Waals surface area contributed by atoms with Crippen molar-refractivity contribution in [1.82, 2.24) is 0 Å². The van der Waals surface area contributed by atoms with Crippen molar-refractivity contribution in [2.24, 2.45) is 22.9 Å². The molecule has 0 aromatic carbocycles. The largest absolute Gasteiger partial charge is 0.480 e. The Balaban J connectivity index is 0. The van der Waals surface area contributed by atoms with Gasteiger partial charge in [-0.1, -0.05) is 0 Å². The maximum Gasteiger partial charge on any atom is 0.324 e. The minimum absolute atomic E-state index is 0.128. The highest BCUT2D eigenvalue weighted by Gasteiger charge is 2.36. The molecule has 0 aliphatic carbocycles. The van der Waals surface area contributed by atoms with Gasteiger partial charge in [0.1, 0.15) is 22.6 Å². The molecule has 0 aliphatic heterocycles. The van der Waals surface area contributed by atoms with Gasteiger partial charge in [0.2, 0.25) is 11.8 Å². The van der Waals surface area contributed by atoms with Crippen molar-refractivity contribution < 1.29 is 39.0 Å². The van der Waals surface area contributed by atoms with E-state index in [0.29, 0.717) is 0 Å². The lowest BCUT2D eigenvalue weighted by Gasteiger charge is -2.22. The molecular formula is C16H28N4O8. The number of amides is 2. The summed E-state index contributed by atoms with van der Waals surface area (Å²) in [6, 6.07) is 0. The summed E-state index contributed by atoms with van der Waals surface area (Å²) in [6.45, 7) is 2.49. The second-order valence-corrected chi connectivity index (χ2v) is 6.61. The van der Waals surface area contributed by atoms with Crippen LogP contribution in [0.1, 0.15) is 52.4 Å². The van der Waals surface area contributed by atoms with E-state index in [2.05, 4.69) is 0 Å². The van der Waals surface area contributed by atoms with Gasteiger partial charge in [0.05, 0.1) is 0 Å². The molecule has 0 bridgehead atoms. The molecule has 0 aliphatic rings. The number of hydrogen-bond acceptors (Lipinski definition) is 8. The van der Waals surface area contributed by atoms with Gasteiger partial charge in [0.25, 0.3) is 0 Å². The van der Waals surface area contributed by atoms with Gasteiger partial charge < -0.3 is 33.1 Å². The van der Waals surface area contributed by atoms with Crippen LogP contribution in [0.3, 0.4) is 0 Å². The van der Waals surface area contributed by atoms with Crippen molar-refractivity contribution in [1.29, 1.82) is 0 Å². The first-order valence-corrected chi connectivity index (χ1v) is 8.16. The molecule has 0 aromatic heterocycles. The van der Waals surface area contributed by atoms with Gasteiger partial charge >= 0.3 is 11.9 Å². The molecule has 0 saturated heterocycles. The zero-order valence-corrected chi connectivity index (χ0v) is 15.9. The first-order chi connectivity index (χ1) is 12.6. The molecule has 2 amide bonds. The van der Waals surface area contributed by atoms with Crippen LogP contribution in [0.4, 0.5) is 0 Å². The molecule has 0 spiro atoms. The van der Waals surface area contributed by atoms with Crippen molar-refractivity contribution in [3.63, 3.8) is 0 Å². The Morgan fingerprint density at radius 2 is 0.929 bits per heavy atom. The summed E-state index contributed by atoms with van der Waals surface area (Å²) in [4.78, 5) is 63.9. The Morgan fingerprint density at radius 3 is 1.07 bits per heavy atom. The van der Waals surface area contributed by atoms with E-state index in [1.165, 1.54) is 13.8 Å². The molecule has 12 heteroatoms. The van der Waals surface area contributed by atoms with E-state index in [0.717, 1.165) is 0 Å². The highest BCUT2D eigenvalue weighted by Crippen LogP contribution is 2.16. The third-order valence-electron chi connectivity index (χ3n) is 3.62. The fourth-order valence-electron chi connectivity index (χ4n) is 2.12. The second kappa shape index (κ2) is 11.8. The lowest BCUT2D eigenvalue weighted by molar-refractivity contribution is -0.146. The number of ketones is 2. The highest BCUT2D eigenvalue weighted by atomic mass is 16.4. The van der Waals surface area contributed by atoms with Crippen LogP contribution in [0.5, 0.6) is 0 Å². The topological polar surface area (TPSA) is 247 Å². The zero-order valence-electron chi connectivity index (χ0n) is 15.9. The molecule has 0 radical (unpaired) electrons. The summed E-state index contributed by atoms with van der Waals surface area (Å²) in [5.74, 6) is -4.53. The van der Waals surface area contributed by atoms with E-state index >= 15 is 0 Å². The van der Waals surface area contributed by atoms with Crippen LogP contribution in [-0.4, -0.2) is 56.6 Å². The molecule has 0 fully saturated rings. The highest BCUT2D eigenvalue weighted by molar-refractivity contribution is 5.89. The third-order valence-corrected chi connectivity index (χ3v) is 3.62. The number of primary amides is 2. The number of carboxylic acids is 2. The van der Waals surface area contributed by atoms with Crippen molar-refractivity contribution in [3.05, 3.63) is 0 Å². The first-order valence-electron chi connectivity index (χ1n) is 8.16. The van der Waals surface area contributed by atoms with Crippen LogP contribution >= 0.6 is 0 Å². The Kier molecular flexibility index (Phi) is 11.5. The van der Waals surface area contributed by atoms with Gasteiger partial charge in [-0.3, -0.25) is 28.8 Å². The molecule has 28 heavy (non-hydrogen) atoms. The van der Waals surface area contributed by atoms with E-state index in [9.17, 15) is 28.8 Å². The second-order valence-electron chi connectivity index (χ2n) is 6.61. The number of Topliss-reactive ketones (excluding diaryl/α,β-unsaturated/α-hetero) is 2. The molecule has 0 saturated carbocycles. The molecule has 12 nitrogen and oxygen atoms in total. The Bertz CT molecular complexity index is 582. The van der Waals surface area contributed by atoms with Gasteiger partial charge in [0.15, 0.2) is 0 Å². The van der Waals surface area contributed by atoms with Gasteiger partial charge in [-0.15, -0.1) is 0 Å². The normalized spacial score (nSPS) is 14.4. The van der Waals surface area contributed by atoms with Gasteiger partial charge in [-0.2, -0.15) is 0 Å². The zero-order chi connectivity index (χ0) is 22.7. The fraction of sp³-hybridized carbons (Fsp3) is 0.625. The molecule has 0 heterocycles. The first kappa shape index (κ1) is 27.4. The van der Waals surface area contributed by atoms with Crippen LogP contribution in [0.15, 0.2) is 0 Å². The van der Waals surface area contributed by atoms with Gasteiger partial charge in [0, 0.05) is 25.7 Å². The van der Waals surface area contributed by atoms with E-state index in [-0.39, 0.29) is 50.1 Å². The fourth-order valence-corrected chi connectivity index (χ4v) is 2.12. The molecular weight excluding hydrogens is 376 g/mol. The van der Waals surface area contributed by atoms with E-state index < -0.39 is 34.8 Å². The summed E-state index contributed by atoms with van der Waals surface area (Å²) in [6.07, 6.45) is -1.13. The molecule has 2 atom stereocenters. The lowest BCUT2D eigenvalue weighted by atomic mass is 9.89. The van der Waals surface area contributed by atoms with Crippen molar-refractivity contribution in [2.75, 3.05) is 0 Å². The number of carbonyl (C=O) groups is 6. The van der Waals surface area contributed by atoms with Crippen LogP contribution in [0.25, 0.3) is 0 Å². The monoisotopic (exact) mass is 404 g/mol. The minimum Gasteiger partial charge on any atom is -0.480 e. The summed E-state index contributed by atoms with van der Waals surface area (Å²) < 4.78 is 0. The molecule has 2 unspecified atom stereocenters. The smallest absolute Gasteiger partial charge is 0.324 e. The quantitative estimate of drug-likeness (QED) is 0.209. The lowest BCUT2D eigenvalue weighted by Crippen LogP contribution is -2.49. The number of hydrogen-bond donors (Lipinski definition) is 6. The van der Waals surface area contributed by atoms with Crippen LogP contribution in [-0.2, 0) is 28.8 Å². The summed E-state index contributed by atoms with van der Waals surface area (Å²) in [5.41, 5.74) is 17.3. The third kappa shape index (κ3) is 11.7. The predicted molar refractivity (Wildman–Crippen MR) is 96.6 cm³/mol. The SMILES string of the molecule is CC(=O)CC(N)(CCC(N)=O)C(=O)O.CC(=O)CC(N)(CCC(N)=O)C(=O)O. The summed E-state index contributed by atoms with van der Waals surface area (Å²) in [7, 11) is 0. The standard InChI is InChI=1S/2C8H14N2O4/c2*1-5(11)4-8(10,7(13)14)3-2-6(9)12/h2*2-4,10H2,1H3,(H2,9,12)(H,13,14). The number of nitrogens with two attached hydrogens (primary N) is 4. The Hall–Kier alpha value is -2.86. The van der Waals surface area contributed by atoms with Crippen LogP contribution in [0.2, 0.25) is 0 Å². The van der Waals surface area contributed by atoms with E-state index in [1.807, 2.05) is 0 Å². The molecule has 10 N–H and O–H groups in total. The van der Waals surface area contributed by atoms with Gasteiger partial charge in [-0.05, 0) is 26.7 Å². The van der Waals surface area contributed by atoms with Crippen LogP contribution < -0.4 is 22.9 Å². The number of rotatable bonds is 12. The Labute approximate surface area is 161 Å². The maximum atomic E-state index is 10.7. The van der Waals surface area contributed by atoms with E-state index in [4.69, 9.17) is 33.1 Å². The molecule has 0 rings (SSSR count). The average Bonchev–Trinajstić information content (AvgIpc) is 2.50. The van der Waals surface area contributed by atoms with Crippen molar-refractivity contribution >= 4 is 35.3 Å². The van der Waals surface area contributed by atoms with E-state index in [1.54, 1.807) is 0 Å². The average molecular weight is 404 g/mol. The number of carboxylic acid groups (broad SMARTS) is 2. The maximum absolute atomic E-state index is 10.7. The van der Waals surface area contributed by atoms with Crippen molar-refractivity contribution in [3.8, 4) is 0 Å². The summed E-state index contributed by atoms with van der Waals surface area (Å²) in [5, 5.41) is 17.5. The molecule has 0 aromatic rings. The minimum atomic E-state index is -1.68. The predicted octanol–water partition coefficient (Wildman–Crippen LogP) is -1.97. The summed E-state index contributed by atoms with van der Waals surface area (Å²) >= 11 is 0. The number of carbonyl (C=O) groups excluding carboxylic acids is 4. The van der Waals surface area contributed by atoms with Crippen molar-refractivity contribution in [2.45, 2.75) is 63.5 Å². The Morgan fingerprint density at radius 1 is 0.679 bits per heavy atom. The molecule has 160 valence electrons. The number of aliphatic carboxylic acids is 2. The van der Waals surface area contributed by atoms with Gasteiger partial charge in [-0.25, -0.2) is 0 Å². The van der Waals surface area contributed by atoms with Crippen LogP contribution in [0, 0.1) is 0 Å².